The van der Waals surface area contributed by atoms with Crippen LogP contribution >= 0.6 is 0 Å². The van der Waals surface area contributed by atoms with Crippen molar-refractivity contribution in [1.29, 1.82) is 0 Å². The molecule has 2 aromatic carbocycles. The molecule has 4 rings (SSSR count). The number of hydrogen-bond donors (Lipinski definition) is 1. The normalized spacial score (nSPS) is 14.8. The van der Waals surface area contributed by atoms with Gasteiger partial charge in [-0.15, -0.1) is 0 Å². The molecule has 6 nitrogen and oxygen atoms in total. The van der Waals surface area contributed by atoms with E-state index in [1.54, 1.807) is 6.07 Å². The lowest BCUT2D eigenvalue weighted by Gasteiger charge is -2.22. The number of hydrogen-bond acceptors (Lipinski definition) is 4. The number of anilines is 1. The number of para-hydroxylation sites is 1. The van der Waals surface area contributed by atoms with E-state index in [0.717, 1.165) is 24.0 Å². The molecule has 0 bridgehead atoms. The van der Waals surface area contributed by atoms with E-state index in [0.29, 0.717) is 24.2 Å². The highest BCUT2D eigenvalue weighted by atomic mass is 16.2. The molecule has 2 heterocycles. The number of carbonyl (C=O) groups excluding carboxylic acids is 1. The summed E-state index contributed by atoms with van der Waals surface area (Å²) in [4.78, 5) is 28.0. The predicted octanol–water partition coefficient (Wildman–Crippen LogP) is 3.44. The SMILES string of the molecule is CCn1nc([C@H](C)C(=O)NCc2ccccc2N2CCCC2)c2ccccc2c1=O. The largest absolute Gasteiger partial charge is 0.371 e. The van der Waals surface area contributed by atoms with Crippen LogP contribution in [0.5, 0.6) is 0 Å². The fourth-order valence-electron chi connectivity index (χ4n) is 4.18. The molecule has 3 aromatic rings. The number of rotatable bonds is 6. The van der Waals surface area contributed by atoms with Gasteiger partial charge in [-0.25, -0.2) is 4.68 Å². The van der Waals surface area contributed by atoms with Gasteiger partial charge in [0.05, 0.1) is 17.0 Å². The van der Waals surface area contributed by atoms with Crippen molar-refractivity contribution in [2.24, 2.45) is 0 Å². The molecule has 1 saturated heterocycles. The summed E-state index contributed by atoms with van der Waals surface area (Å²) in [6.45, 7) is 6.80. The molecule has 1 N–H and O–H groups in total. The van der Waals surface area contributed by atoms with E-state index in [2.05, 4.69) is 27.4 Å². The third kappa shape index (κ3) is 3.82. The van der Waals surface area contributed by atoms with Crippen molar-refractivity contribution in [3.63, 3.8) is 0 Å². The first kappa shape index (κ1) is 20.1. The van der Waals surface area contributed by atoms with Gasteiger partial charge in [-0.3, -0.25) is 9.59 Å². The molecule has 0 radical (unpaired) electrons. The zero-order chi connectivity index (χ0) is 21.1. The highest BCUT2D eigenvalue weighted by Crippen LogP contribution is 2.25. The number of aromatic nitrogens is 2. The second kappa shape index (κ2) is 8.69. The molecule has 1 aromatic heterocycles. The predicted molar refractivity (Wildman–Crippen MR) is 120 cm³/mol. The van der Waals surface area contributed by atoms with Crippen LogP contribution in [0.2, 0.25) is 0 Å². The van der Waals surface area contributed by atoms with Crippen molar-refractivity contribution < 1.29 is 4.79 Å². The van der Waals surface area contributed by atoms with Gasteiger partial charge in [0, 0.05) is 37.3 Å². The van der Waals surface area contributed by atoms with Crippen LogP contribution in [0, 0.1) is 0 Å². The fourth-order valence-corrected chi connectivity index (χ4v) is 4.18. The topological polar surface area (TPSA) is 67.2 Å². The maximum atomic E-state index is 13.0. The molecule has 0 unspecified atom stereocenters. The zero-order valence-electron chi connectivity index (χ0n) is 17.6. The summed E-state index contributed by atoms with van der Waals surface area (Å²) in [6.07, 6.45) is 2.42. The molecular weight excluding hydrogens is 376 g/mol. The van der Waals surface area contributed by atoms with Crippen LogP contribution in [-0.4, -0.2) is 28.8 Å². The Morgan fingerprint density at radius 3 is 2.47 bits per heavy atom. The summed E-state index contributed by atoms with van der Waals surface area (Å²) in [6, 6.07) is 15.6. The van der Waals surface area contributed by atoms with E-state index in [9.17, 15) is 9.59 Å². The van der Waals surface area contributed by atoms with Crippen molar-refractivity contribution in [3.05, 3.63) is 70.1 Å². The molecule has 1 aliphatic heterocycles. The van der Waals surface area contributed by atoms with Crippen molar-refractivity contribution in [2.45, 2.75) is 45.7 Å². The maximum absolute atomic E-state index is 13.0. The van der Waals surface area contributed by atoms with Crippen LogP contribution in [-0.2, 0) is 17.9 Å². The molecular formula is C24H28N4O2. The minimum atomic E-state index is -0.466. The average molecular weight is 405 g/mol. The average Bonchev–Trinajstić information content (AvgIpc) is 3.32. The summed E-state index contributed by atoms with van der Waals surface area (Å²) >= 11 is 0. The van der Waals surface area contributed by atoms with Gasteiger partial charge in [0.25, 0.3) is 5.56 Å². The van der Waals surface area contributed by atoms with Gasteiger partial charge < -0.3 is 10.2 Å². The lowest BCUT2D eigenvalue weighted by Crippen LogP contribution is -2.31. The molecule has 0 aliphatic carbocycles. The van der Waals surface area contributed by atoms with Gasteiger partial charge in [0.1, 0.15) is 0 Å². The minimum Gasteiger partial charge on any atom is -0.371 e. The third-order valence-corrected chi connectivity index (χ3v) is 5.89. The monoisotopic (exact) mass is 404 g/mol. The van der Waals surface area contributed by atoms with Gasteiger partial charge in [-0.2, -0.15) is 5.10 Å². The van der Waals surface area contributed by atoms with Crippen LogP contribution in [0.4, 0.5) is 5.69 Å². The summed E-state index contributed by atoms with van der Waals surface area (Å²) in [5.41, 5.74) is 2.84. The summed E-state index contributed by atoms with van der Waals surface area (Å²) in [7, 11) is 0. The molecule has 1 amide bonds. The van der Waals surface area contributed by atoms with E-state index in [1.165, 1.54) is 23.2 Å². The van der Waals surface area contributed by atoms with Crippen LogP contribution in [0.3, 0.4) is 0 Å². The van der Waals surface area contributed by atoms with Crippen LogP contribution in [0.25, 0.3) is 10.8 Å². The maximum Gasteiger partial charge on any atom is 0.274 e. The molecule has 1 fully saturated rings. The Bertz CT molecular complexity index is 1120. The second-order valence-electron chi connectivity index (χ2n) is 7.81. The standard InChI is InChI=1S/C24H28N4O2/c1-3-28-24(30)20-12-6-5-11-19(20)22(26-28)17(2)23(29)25-16-18-10-4-7-13-21(18)27-14-8-9-15-27/h4-7,10-13,17H,3,8-9,14-16H2,1-2H3,(H,25,29)/t17-/m0/s1. The highest BCUT2D eigenvalue weighted by molar-refractivity contribution is 5.91. The van der Waals surface area contributed by atoms with E-state index >= 15 is 0 Å². The van der Waals surface area contributed by atoms with E-state index in [4.69, 9.17) is 0 Å². The van der Waals surface area contributed by atoms with Gasteiger partial charge in [-0.1, -0.05) is 36.4 Å². The van der Waals surface area contributed by atoms with Crippen LogP contribution in [0.15, 0.2) is 53.3 Å². The van der Waals surface area contributed by atoms with Gasteiger partial charge in [-0.05, 0) is 44.4 Å². The first-order valence-electron chi connectivity index (χ1n) is 10.7. The summed E-state index contributed by atoms with van der Waals surface area (Å²) in [5.74, 6) is -0.558. The highest BCUT2D eigenvalue weighted by Gasteiger charge is 2.22. The molecule has 1 aliphatic rings. The summed E-state index contributed by atoms with van der Waals surface area (Å²) in [5, 5.41) is 8.94. The van der Waals surface area contributed by atoms with Crippen LogP contribution < -0.4 is 15.8 Å². The Labute approximate surface area is 176 Å². The van der Waals surface area contributed by atoms with E-state index < -0.39 is 5.92 Å². The second-order valence-corrected chi connectivity index (χ2v) is 7.81. The summed E-state index contributed by atoms with van der Waals surface area (Å²) < 4.78 is 1.43. The number of aryl methyl sites for hydroxylation is 1. The number of carbonyl (C=O) groups is 1. The van der Waals surface area contributed by atoms with Gasteiger partial charge in [0.2, 0.25) is 5.91 Å². The smallest absolute Gasteiger partial charge is 0.274 e. The molecule has 1 atom stereocenters. The molecule has 156 valence electrons. The number of nitrogens with one attached hydrogen (secondary N) is 1. The lowest BCUT2D eigenvalue weighted by molar-refractivity contribution is -0.122. The number of fused-ring (bicyclic) bond motifs is 1. The quantitative estimate of drug-likeness (QED) is 0.683. The van der Waals surface area contributed by atoms with Gasteiger partial charge >= 0.3 is 0 Å². The Hall–Kier alpha value is -3.15. The molecule has 0 spiro atoms. The van der Waals surface area contributed by atoms with Gasteiger partial charge in [0.15, 0.2) is 0 Å². The van der Waals surface area contributed by atoms with E-state index in [1.807, 2.05) is 44.2 Å². The molecule has 30 heavy (non-hydrogen) atoms. The fraction of sp³-hybridized carbons (Fsp3) is 0.375. The van der Waals surface area contributed by atoms with Crippen molar-refractivity contribution in [3.8, 4) is 0 Å². The first-order valence-corrected chi connectivity index (χ1v) is 10.7. The van der Waals surface area contributed by atoms with Crippen LogP contribution in [0.1, 0.15) is 43.9 Å². The third-order valence-electron chi connectivity index (χ3n) is 5.89. The van der Waals surface area contributed by atoms with Crippen molar-refractivity contribution in [2.75, 3.05) is 18.0 Å². The number of nitrogens with zero attached hydrogens (tertiary/aromatic N) is 3. The number of benzene rings is 2. The van der Waals surface area contributed by atoms with Crippen molar-refractivity contribution >= 4 is 22.4 Å². The Morgan fingerprint density at radius 1 is 1.07 bits per heavy atom. The van der Waals surface area contributed by atoms with E-state index in [-0.39, 0.29) is 11.5 Å². The zero-order valence-corrected chi connectivity index (χ0v) is 17.6. The molecule has 6 heteroatoms. The minimum absolute atomic E-state index is 0.0924. The Kier molecular flexibility index (Phi) is 5.84. The lowest BCUT2D eigenvalue weighted by atomic mass is 10.0. The Morgan fingerprint density at radius 2 is 1.73 bits per heavy atom. The Balaban J connectivity index is 1.57. The van der Waals surface area contributed by atoms with Crippen molar-refractivity contribution in [1.82, 2.24) is 15.1 Å². The number of amides is 1. The molecule has 0 saturated carbocycles. The first-order chi connectivity index (χ1) is 14.6.